The van der Waals surface area contributed by atoms with Crippen molar-refractivity contribution in [2.75, 3.05) is 50.5 Å². The van der Waals surface area contributed by atoms with Gasteiger partial charge in [0, 0.05) is 38.4 Å². The molecule has 1 aromatic carbocycles. The molecule has 0 unspecified atom stereocenters. The van der Waals surface area contributed by atoms with Gasteiger partial charge in [0.15, 0.2) is 5.69 Å². The number of piperazine rings is 1. The summed E-state index contributed by atoms with van der Waals surface area (Å²) in [7, 11) is 3.77. The summed E-state index contributed by atoms with van der Waals surface area (Å²) < 4.78 is 51.4. The summed E-state index contributed by atoms with van der Waals surface area (Å²) in [4.78, 5) is 17.1. The minimum atomic E-state index is -4.70. The fraction of sp³-hybridized carbons (Fsp3) is 0.462. The van der Waals surface area contributed by atoms with Gasteiger partial charge in [-0.2, -0.15) is 28.5 Å². The van der Waals surface area contributed by atoms with Crippen molar-refractivity contribution in [3.8, 4) is 11.4 Å². The van der Waals surface area contributed by atoms with Gasteiger partial charge in [-0.25, -0.2) is 4.68 Å². The van der Waals surface area contributed by atoms with Gasteiger partial charge in [0.25, 0.3) is 5.91 Å². The molecule has 10 nitrogen and oxygen atoms in total. The van der Waals surface area contributed by atoms with E-state index >= 15 is 0 Å². The number of amides is 1. The van der Waals surface area contributed by atoms with Crippen molar-refractivity contribution in [3.05, 3.63) is 54.1 Å². The zero-order chi connectivity index (χ0) is 27.6. The molecule has 3 aromatic rings. The maximum atomic E-state index is 14.7. The lowest BCUT2D eigenvalue weighted by molar-refractivity contribution is -0.139. The van der Waals surface area contributed by atoms with E-state index in [0.717, 1.165) is 19.3 Å². The van der Waals surface area contributed by atoms with E-state index in [0.29, 0.717) is 31.9 Å². The van der Waals surface area contributed by atoms with Gasteiger partial charge in [-0.1, -0.05) is 0 Å². The van der Waals surface area contributed by atoms with Crippen LogP contribution in [0.5, 0.6) is 5.75 Å². The largest absolute Gasteiger partial charge is 0.490 e. The SMILES string of the molecule is CNC[C@H]1CN(c2c(NC(=O)c3ccn(-c4ccnnc4)n3)ccc(OC3CCC3)c2C(F)(F)F)CCN1C. The second-order valence-electron chi connectivity index (χ2n) is 9.84. The van der Waals surface area contributed by atoms with Gasteiger partial charge in [-0.3, -0.25) is 9.69 Å². The van der Waals surface area contributed by atoms with E-state index in [-0.39, 0.29) is 35.0 Å². The van der Waals surface area contributed by atoms with E-state index in [1.54, 1.807) is 17.2 Å². The van der Waals surface area contributed by atoms with Crippen LogP contribution < -0.4 is 20.3 Å². The molecule has 3 heterocycles. The van der Waals surface area contributed by atoms with E-state index in [1.807, 2.05) is 14.1 Å². The molecule has 13 heteroatoms. The third kappa shape index (κ3) is 5.83. The summed E-state index contributed by atoms with van der Waals surface area (Å²) in [5, 5.41) is 17.6. The predicted octanol–water partition coefficient (Wildman–Crippen LogP) is 3.20. The Bertz CT molecular complexity index is 1300. The van der Waals surface area contributed by atoms with E-state index in [9.17, 15) is 18.0 Å². The van der Waals surface area contributed by atoms with Gasteiger partial charge >= 0.3 is 6.18 Å². The first kappa shape index (κ1) is 26.9. The van der Waals surface area contributed by atoms with Crippen molar-refractivity contribution < 1.29 is 22.7 Å². The second kappa shape index (κ2) is 11.2. The molecule has 1 amide bonds. The van der Waals surface area contributed by atoms with Crippen LogP contribution in [-0.4, -0.2) is 83.2 Å². The number of aromatic nitrogens is 4. The van der Waals surface area contributed by atoms with E-state index in [4.69, 9.17) is 4.74 Å². The first-order valence-electron chi connectivity index (χ1n) is 12.9. The van der Waals surface area contributed by atoms with Gasteiger partial charge in [0.1, 0.15) is 11.3 Å². The molecule has 208 valence electrons. The van der Waals surface area contributed by atoms with Crippen molar-refractivity contribution in [3.63, 3.8) is 0 Å². The standard InChI is InChI=1S/C26H31F3N8O2/c1-30-14-18-16-36(13-12-35(18)2)24-20(6-7-22(23(24)26(27,28)29)39-19-4-3-5-19)33-25(38)21-9-11-37(34-21)17-8-10-31-32-15-17/h6-11,15,18-19,30H,3-5,12-14,16H2,1-2H3,(H,33,38)/t18-/m0/s1. The lowest BCUT2D eigenvalue weighted by atomic mass is 9.96. The van der Waals surface area contributed by atoms with Gasteiger partial charge in [0.2, 0.25) is 0 Å². The topological polar surface area (TPSA) is 100 Å². The van der Waals surface area contributed by atoms with Crippen molar-refractivity contribution in [2.24, 2.45) is 0 Å². The van der Waals surface area contributed by atoms with Crippen LogP contribution in [0.1, 0.15) is 35.3 Å². The van der Waals surface area contributed by atoms with Crippen LogP contribution >= 0.6 is 0 Å². The van der Waals surface area contributed by atoms with Gasteiger partial charge in [-0.15, -0.1) is 0 Å². The number of hydrogen-bond donors (Lipinski definition) is 2. The monoisotopic (exact) mass is 544 g/mol. The fourth-order valence-corrected chi connectivity index (χ4v) is 4.84. The smallest absolute Gasteiger partial charge is 0.422 e. The Labute approximate surface area is 224 Å². The molecule has 0 bridgehead atoms. The number of benzene rings is 1. The molecular formula is C26H31F3N8O2. The Morgan fingerprint density at radius 2 is 1.97 bits per heavy atom. The minimum Gasteiger partial charge on any atom is -0.490 e. The molecule has 0 radical (unpaired) electrons. The number of likely N-dealkylation sites (N-methyl/N-ethyl adjacent to an activating group) is 2. The summed E-state index contributed by atoms with van der Waals surface area (Å²) in [5.41, 5.74) is -0.253. The third-order valence-corrected chi connectivity index (χ3v) is 7.21. The zero-order valence-electron chi connectivity index (χ0n) is 21.8. The molecule has 1 aliphatic heterocycles. The molecular weight excluding hydrogens is 513 g/mol. The van der Waals surface area contributed by atoms with Crippen molar-refractivity contribution >= 4 is 17.3 Å². The van der Waals surface area contributed by atoms with Crippen LogP contribution in [-0.2, 0) is 6.18 Å². The number of carbonyl (C=O) groups is 1. The van der Waals surface area contributed by atoms with Crippen LogP contribution in [0.2, 0.25) is 0 Å². The number of carbonyl (C=O) groups excluding carboxylic acids is 1. The summed E-state index contributed by atoms with van der Waals surface area (Å²) in [6.07, 6.45) is 1.98. The first-order chi connectivity index (χ1) is 18.7. The fourth-order valence-electron chi connectivity index (χ4n) is 4.84. The van der Waals surface area contributed by atoms with E-state index in [2.05, 4.69) is 30.8 Å². The highest BCUT2D eigenvalue weighted by molar-refractivity contribution is 6.05. The molecule has 2 N–H and O–H groups in total. The quantitative estimate of drug-likeness (QED) is 0.446. The lowest BCUT2D eigenvalue weighted by Gasteiger charge is -2.42. The normalized spacial score (nSPS) is 18.6. The third-order valence-electron chi connectivity index (χ3n) is 7.21. The number of anilines is 2. The minimum absolute atomic E-state index is 0.0192. The number of halogens is 3. The molecule has 1 saturated carbocycles. The maximum absolute atomic E-state index is 14.7. The maximum Gasteiger partial charge on any atom is 0.422 e. The average Bonchev–Trinajstić information content (AvgIpc) is 3.39. The lowest BCUT2D eigenvalue weighted by Crippen LogP contribution is -2.55. The summed E-state index contributed by atoms with van der Waals surface area (Å²) in [6.45, 7) is 1.88. The van der Waals surface area contributed by atoms with Gasteiger partial charge < -0.3 is 20.3 Å². The Balaban J connectivity index is 1.52. The van der Waals surface area contributed by atoms with E-state index in [1.165, 1.54) is 35.3 Å². The summed E-state index contributed by atoms with van der Waals surface area (Å²) >= 11 is 0. The highest BCUT2D eigenvalue weighted by atomic mass is 19.4. The number of nitrogens with zero attached hydrogens (tertiary/aromatic N) is 6. The molecule has 2 aliphatic rings. The summed E-state index contributed by atoms with van der Waals surface area (Å²) in [6, 6.07) is 5.95. The highest BCUT2D eigenvalue weighted by Gasteiger charge is 2.42. The average molecular weight is 545 g/mol. The van der Waals surface area contributed by atoms with Gasteiger partial charge in [0.05, 0.1) is 35.6 Å². The molecule has 1 atom stereocenters. The van der Waals surface area contributed by atoms with Crippen LogP contribution in [0, 0.1) is 0 Å². The number of ether oxygens (including phenoxy) is 1. The Morgan fingerprint density at radius 3 is 2.64 bits per heavy atom. The number of alkyl halides is 3. The number of hydrogen-bond acceptors (Lipinski definition) is 8. The number of rotatable bonds is 8. The molecule has 2 aromatic heterocycles. The van der Waals surface area contributed by atoms with Crippen molar-refractivity contribution in [1.29, 1.82) is 0 Å². The Hall–Kier alpha value is -3.71. The second-order valence-corrected chi connectivity index (χ2v) is 9.84. The van der Waals surface area contributed by atoms with Crippen LogP contribution in [0.4, 0.5) is 24.5 Å². The highest BCUT2D eigenvalue weighted by Crippen LogP contribution is 2.48. The zero-order valence-corrected chi connectivity index (χ0v) is 21.8. The first-order valence-corrected chi connectivity index (χ1v) is 12.9. The Morgan fingerprint density at radius 1 is 1.15 bits per heavy atom. The Kier molecular flexibility index (Phi) is 7.71. The molecule has 39 heavy (non-hydrogen) atoms. The van der Waals surface area contributed by atoms with Crippen LogP contribution in [0.15, 0.2) is 42.9 Å². The molecule has 2 fully saturated rings. The van der Waals surface area contributed by atoms with Crippen LogP contribution in [0.25, 0.3) is 5.69 Å². The van der Waals surface area contributed by atoms with E-state index < -0.39 is 17.6 Å². The number of nitrogens with one attached hydrogen (secondary N) is 2. The van der Waals surface area contributed by atoms with Crippen molar-refractivity contribution in [2.45, 2.75) is 37.6 Å². The molecule has 5 rings (SSSR count). The predicted molar refractivity (Wildman–Crippen MR) is 139 cm³/mol. The molecule has 0 spiro atoms. The van der Waals surface area contributed by atoms with Crippen LogP contribution in [0.3, 0.4) is 0 Å². The van der Waals surface area contributed by atoms with Crippen molar-refractivity contribution in [1.82, 2.24) is 30.2 Å². The van der Waals surface area contributed by atoms with Gasteiger partial charge in [-0.05, 0) is 57.6 Å². The molecule has 1 aliphatic carbocycles. The molecule has 1 saturated heterocycles. The summed E-state index contributed by atoms with van der Waals surface area (Å²) in [5.74, 6) is -0.836.